The lowest BCUT2D eigenvalue weighted by Gasteiger charge is -2.08. The van der Waals surface area contributed by atoms with Crippen LogP contribution in [0.4, 0.5) is 0 Å². The summed E-state index contributed by atoms with van der Waals surface area (Å²) in [5.74, 6) is 1.92. The van der Waals surface area contributed by atoms with Crippen LogP contribution in [0.15, 0.2) is 34.5 Å². The lowest BCUT2D eigenvalue weighted by molar-refractivity contribution is -0.671. The van der Waals surface area contributed by atoms with Crippen LogP contribution in [0.5, 0.6) is 5.75 Å². The Kier molecular flexibility index (Phi) is 2.05. The summed E-state index contributed by atoms with van der Waals surface area (Å²) >= 11 is 0. The quantitative estimate of drug-likeness (QED) is 0.643. The zero-order valence-corrected chi connectivity index (χ0v) is 8.15. The molecule has 1 atom stereocenters. The third kappa shape index (κ3) is 1.29. The van der Waals surface area contributed by atoms with Gasteiger partial charge in [-0.15, -0.1) is 0 Å². The van der Waals surface area contributed by atoms with Gasteiger partial charge in [0.15, 0.2) is 0 Å². The van der Waals surface area contributed by atoms with Crippen molar-refractivity contribution in [3.63, 3.8) is 0 Å². The standard InChI is InChI=1S/C10H11N3O/c1-7-11-12-10(13(7)2)8-5-3-4-6-9(8)14/h3-6,14H,1-2H3/p+1. The summed E-state index contributed by atoms with van der Waals surface area (Å²) in [6.07, 6.45) is 0. The third-order valence-corrected chi connectivity index (χ3v) is 2.36. The van der Waals surface area contributed by atoms with Crippen molar-refractivity contribution in [2.75, 3.05) is 7.05 Å². The zero-order chi connectivity index (χ0) is 10.1. The van der Waals surface area contributed by atoms with Gasteiger partial charge < -0.3 is 5.11 Å². The van der Waals surface area contributed by atoms with Gasteiger partial charge in [0.25, 0.3) is 5.84 Å². The minimum absolute atomic E-state index is 0.246. The summed E-state index contributed by atoms with van der Waals surface area (Å²) in [5.41, 5.74) is 0.741. The molecule has 0 radical (unpaired) electrons. The average molecular weight is 190 g/mol. The number of phenolic OH excluding ortho intramolecular Hbond substituents is 1. The second kappa shape index (κ2) is 3.23. The van der Waals surface area contributed by atoms with Gasteiger partial charge in [-0.2, -0.15) is 0 Å². The van der Waals surface area contributed by atoms with E-state index in [1.165, 1.54) is 0 Å². The molecule has 1 aliphatic rings. The molecule has 0 aliphatic carbocycles. The molecule has 0 spiro atoms. The van der Waals surface area contributed by atoms with Gasteiger partial charge in [0.05, 0.1) is 12.6 Å². The largest absolute Gasteiger partial charge is 0.507 e. The van der Waals surface area contributed by atoms with Gasteiger partial charge in [0.2, 0.25) is 5.84 Å². The smallest absolute Gasteiger partial charge is 0.262 e. The van der Waals surface area contributed by atoms with Gasteiger partial charge in [0, 0.05) is 6.92 Å². The Labute approximate surface area is 82.2 Å². The molecule has 72 valence electrons. The molecule has 2 rings (SSSR count). The van der Waals surface area contributed by atoms with Crippen LogP contribution in [-0.4, -0.2) is 23.8 Å². The zero-order valence-electron chi connectivity index (χ0n) is 8.15. The first-order valence-corrected chi connectivity index (χ1v) is 4.45. The summed E-state index contributed by atoms with van der Waals surface area (Å²) in [6, 6.07) is 7.15. The second-order valence-electron chi connectivity index (χ2n) is 3.28. The molecule has 2 N–H and O–H groups in total. The van der Waals surface area contributed by atoms with Crippen molar-refractivity contribution in [3.05, 3.63) is 29.8 Å². The molecule has 0 saturated carbocycles. The number of phenols is 1. The first kappa shape index (κ1) is 8.90. The highest BCUT2D eigenvalue weighted by molar-refractivity contribution is 6.01. The van der Waals surface area contributed by atoms with E-state index >= 15 is 0 Å². The molecule has 1 aromatic rings. The van der Waals surface area contributed by atoms with Crippen LogP contribution in [0.25, 0.3) is 0 Å². The Bertz CT molecular complexity index is 423. The van der Waals surface area contributed by atoms with Crippen molar-refractivity contribution >= 4 is 11.7 Å². The highest BCUT2D eigenvalue weighted by atomic mass is 16.3. The summed E-state index contributed by atoms with van der Waals surface area (Å²) < 4.78 is 0. The van der Waals surface area contributed by atoms with Gasteiger partial charge in [-0.3, -0.25) is 0 Å². The van der Waals surface area contributed by atoms with E-state index in [1.54, 1.807) is 12.1 Å². The van der Waals surface area contributed by atoms with Crippen molar-refractivity contribution in [2.24, 2.45) is 10.2 Å². The Morgan fingerprint density at radius 2 is 1.93 bits per heavy atom. The average Bonchev–Trinajstić information content (AvgIpc) is 2.49. The van der Waals surface area contributed by atoms with Gasteiger partial charge >= 0.3 is 0 Å². The lowest BCUT2D eigenvalue weighted by Crippen LogP contribution is -3.12. The lowest BCUT2D eigenvalue weighted by atomic mass is 10.1. The summed E-state index contributed by atoms with van der Waals surface area (Å²) in [7, 11) is 1.96. The van der Waals surface area contributed by atoms with E-state index in [0.717, 1.165) is 22.1 Å². The number of para-hydroxylation sites is 1. The van der Waals surface area contributed by atoms with E-state index in [-0.39, 0.29) is 5.75 Å². The van der Waals surface area contributed by atoms with Crippen LogP contribution in [0.1, 0.15) is 12.5 Å². The molecule has 4 heteroatoms. The molecule has 0 fully saturated rings. The number of nitrogens with zero attached hydrogens (tertiary/aromatic N) is 2. The number of rotatable bonds is 1. The van der Waals surface area contributed by atoms with E-state index < -0.39 is 0 Å². The Balaban J connectivity index is 2.40. The predicted molar refractivity (Wildman–Crippen MR) is 54.6 cm³/mol. The van der Waals surface area contributed by atoms with Crippen molar-refractivity contribution in [3.8, 4) is 5.75 Å². The van der Waals surface area contributed by atoms with Crippen molar-refractivity contribution in [2.45, 2.75) is 6.92 Å². The van der Waals surface area contributed by atoms with Gasteiger partial charge in [-0.25, -0.2) is 4.90 Å². The topological polar surface area (TPSA) is 49.4 Å². The molecular formula is C10H12N3O+. The highest BCUT2D eigenvalue weighted by Gasteiger charge is 2.25. The number of hydrogen-bond acceptors (Lipinski definition) is 3. The monoisotopic (exact) mass is 190 g/mol. The summed E-state index contributed by atoms with van der Waals surface area (Å²) in [5, 5.41) is 17.6. The van der Waals surface area contributed by atoms with E-state index in [1.807, 2.05) is 26.1 Å². The Morgan fingerprint density at radius 3 is 2.50 bits per heavy atom. The number of benzene rings is 1. The highest BCUT2D eigenvalue weighted by Crippen LogP contribution is 2.15. The maximum atomic E-state index is 9.63. The fraction of sp³-hybridized carbons (Fsp3) is 0.200. The number of quaternary nitrogens is 1. The van der Waals surface area contributed by atoms with Crippen LogP contribution in [0.2, 0.25) is 0 Å². The minimum atomic E-state index is 0.246. The predicted octanol–water partition coefficient (Wildman–Crippen LogP) is 0.000500. The van der Waals surface area contributed by atoms with Crippen LogP contribution < -0.4 is 4.90 Å². The number of amidine groups is 2. The number of hydrogen-bond donors (Lipinski definition) is 2. The number of aromatic hydroxyl groups is 1. The SMILES string of the molecule is CC1=NN=C(c2ccccc2O)[NH+]1C. The molecule has 1 heterocycles. The van der Waals surface area contributed by atoms with Crippen molar-refractivity contribution in [1.82, 2.24) is 0 Å². The maximum Gasteiger partial charge on any atom is 0.262 e. The fourth-order valence-electron chi connectivity index (χ4n) is 1.38. The summed E-state index contributed by atoms with van der Waals surface area (Å²) in [6.45, 7) is 1.91. The van der Waals surface area contributed by atoms with E-state index in [4.69, 9.17) is 0 Å². The Hall–Kier alpha value is -1.68. The first-order valence-electron chi connectivity index (χ1n) is 4.45. The fourth-order valence-corrected chi connectivity index (χ4v) is 1.38. The van der Waals surface area contributed by atoms with Gasteiger partial charge in [-0.05, 0) is 12.1 Å². The van der Waals surface area contributed by atoms with E-state index in [2.05, 4.69) is 10.2 Å². The summed E-state index contributed by atoms with van der Waals surface area (Å²) in [4.78, 5) is 1.02. The van der Waals surface area contributed by atoms with Crippen molar-refractivity contribution < 1.29 is 10.0 Å². The van der Waals surface area contributed by atoms with Crippen LogP contribution in [0, 0.1) is 0 Å². The van der Waals surface area contributed by atoms with E-state index in [0.29, 0.717) is 0 Å². The van der Waals surface area contributed by atoms with Crippen LogP contribution in [0.3, 0.4) is 0 Å². The normalized spacial score (nSPS) is 20.6. The molecule has 1 aliphatic heterocycles. The molecule has 1 aromatic carbocycles. The van der Waals surface area contributed by atoms with Crippen LogP contribution >= 0.6 is 0 Å². The number of nitrogens with one attached hydrogen (secondary N) is 1. The molecule has 14 heavy (non-hydrogen) atoms. The molecule has 0 aromatic heterocycles. The van der Waals surface area contributed by atoms with E-state index in [9.17, 15) is 5.11 Å². The van der Waals surface area contributed by atoms with Gasteiger partial charge in [-0.1, -0.05) is 22.3 Å². The molecular weight excluding hydrogens is 178 g/mol. The molecule has 0 bridgehead atoms. The van der Waals surface area contributed by atoms with Crippen LogP contribution in [-0.2, 0) is 0 Å². The third-order valence-electron chi connectivity index (χ3n) is 2.36. The maximum absolute atomic E-state index is 9.63. The van der Waals surface area contributed by atoms with Crippen molar-refractivity contribution in [1.29, 1.82) is 0 Å². The molecule has 1 unspecified atom stereocenters. The second-order valence-corrected chi connectivity index (χ2v) is 3.28. The molecule has 0 saturated heterocycles. The Morgan fingerprint density at radius 1 is 1.21 bits per heavy atom. The van der Waals surface area contributed by atoms with Gasteiger partial charge in [0.1, 0.15) is 5.75 Å². The molecule has 0 amide bonds. The first-order chi connectivity index (χ1) is 6.70. The minimum Gasteiger partial charge on any atom is -0.507 e. The molecule has 4 nitrogen and oxygen atoms in total.